The molecular formula is C15H16ClN3O2. The van der Waals surface area contributed by atoms with Crippen molar-refractivity contribution in [1.29, 1.82) is 0 Å². The predicted octanol–water partition coefficient (Wildman–Crippen LogP) is 3.37. The number of halogens is 1. The van der Waals surface area contributed by atoms with Crippen molar-refractivity contribution in [3.05, 3.63) is 41.0 Å². The molecule has 1 saturated heterocycles. The van der Waals surface area contributed by atoms with E-state index in [0.717, 1.165) is 5.69 Å². The molecule has 1 amide bonds. The Bertz CT molecular complexity index is 668. The molecule has 5 nitrogen and oxygen atoms in total. The number of hydrogen-bond donors (Lipinski definition) is 0. The van der Waals surface area contributed by atoms with E-state index < -0.39 is 0 Å². The lowest BCUT2D eigenvalue weighted by Crippen LogP contribution is -2.24. The standard InChI is InChI=1S/C15H16ClN3O2/c1-9(2)14-17-15(21-18-14)10-7-13(20)19(8-10)12-6-4-3-5-11(12)16/h3-6,9-10H,7-8H2,1-2H3. The molecule has 2 aromatic rings. The first kappa shape index (κ1) is 14.1. The third-order valence-electron chi connectivity index (χ3n) is 3.59. The Morgan fingerprint density at radius 2 is 2.14 bits per heavy atom. The van der Waals surface area contributed by atoms with Crippen LogP contribution >= 0.6 is 11.6 Å². The van der Waals surface area contributed by atoms with Gasteiger partial charge in [-0.15, -0.1) is 0 Å². The molecule has 1 aromatic heterocycles. The molecule has 0 spiro atoms. The fourth-order valence-electron chi connectivity index (χ4n) is 2.42. The molecule has 110 valence electrons. The number of carbonyl (C=O) groups excluding carboxylic acids is 1. The van der Waals surface area contributed by atoms with Gasteiger partial charge in [-0.1, -0.05) is 42.7 Å². The van der Waals surface area contributed by atoms with Crippen molar-refractivity contribution < 1.29 is 9.32 Å². The first-order valence-corrected chi connectivity index (χ1v) is 7.32. The van der Waals surface area contributed by atoms with Gasteiger partial charge >= 0.3 is 0 Å². The number of benzene rings is 1. The van der Waals surface area contributed by atoms with Gasteiger partial charge in [0.25, 0.3) is 0 Å². The zero-order chi connectivity index (χ0) is 15.0. The third kappa shape index (κ3) is 2.65. The van der Waals surface area contributed by atoms with Gasteiger partial charge in [-0.2, -0.15) is 4.98 Å². The first-order valence-electron chi connectivity index (χ1n) is 6.94. The Morgan fingerprint density at radius 3 is 2.81 bits per heavy atom. The Hall–Kier alpha value is -1.88. The average molecular weight is 306 g/mol. The number of carbonyl (C=O) groups is 1. The Labute approximate surface area is 127 Å². The minimum absolute atomic E-state index is 0.0254. The van der Waals surface area contributed by atoms with Gasteiger partial charge in [0.1, 0.15) is 0 Å². The predicted molar refractivity (Wildman–Crippen MR) is 79.6 cm³/mol. The fraction of sp³-hybridized carbons (Fsp3) is 0.400. The van der Waals surface area contributed by atoms with Gasteiger partial charge in [-0.05, 0) is 12.1 Å². The van der Waals surface area contributed by atoms with E-state index in [2.05, 4.69) is 10.1 Å². The van der Waals surface area contributed by atoms with E-state index in [4.69, 9.17) is 16.1 Å². The van der Waals surface area contributed by atoms with Gasteiger partial charge in [0.05, 0.1) is 16.6 Å². The van der Waals surface area contributed by atoms with E-state index in [1.54, 1.807) is 11.0 Å². The highest BCUT2D eigenvalue weighted by Gasteiger charge is 2.35. The number of hydrogen-bond acceptors (Lipinski definition) is 4. The van der Waals surface area contributed by atoms with Gasteiger partial charge in [0.15, 0.2) is 5.82 Å². The van der Waals surface area contributed by atoms with E-state index in [1.165, 1.54) is 0 Å². The largest absolute Gasteiger partial charge is 0.339 e. The topological polar surface area (TPSA) is 59.2 Å². The van der Waals surface area contributed by atoms with E-state index in [0.29, 0.717) is 29.7 Å². The van der Waals surface area contributed by atoms with Gasteiger partial charge < -0.3 is 9.42 Å². The summed E-state index contributed by atoms with van der Waals surface area (Å²) in [4.78, 5) is 18.3. The summed E-state index contributed by atoms with van der Waals surface area (Å²) in [6.07, 6.45) is 0.366. The summed E-state index contributed by atoms with van der Waals surface area (Å²) in [5, 5.41) is 4.53. The van der Waals surface area contributed by atoms with E-state index in [9.17, 15) is 4.79 Å². The van der Waals surface area contributed by atoms with Crippen LogP contribution < -0.4 is 4.90 Å². The maximum absolute atomic E-state index is 12.2. The van der Waals surface area contributed by atoms with Crippen LogP contribution in [0.1, 0.15) is 43.8 Å². The SMILES string of the molecule is CC(C)c1noc(C2CC(=O)N(c3ccccc3Cl)C2)n1. The molecule has 1 atom stereocenters. The highest BCUT2D eigenvalue weighted by molar-refractivity contribution is 6.33. The third-order valence-corrected chi connectivity index (χ3v) is 3.91. The highest BCUT2D eigenvalue weighted by atomic mass is 35.5. The van der Waals surface area contributed by atoms with Crippen LogP contribution in [-0.4, -0.2) is 22.6 Å². The summed E-state index contributed by atoms with van der Waals surface area (Å²) in [6.45, 7) is 4.53. The minimum atomic E-state index is -0.0752. The van der Waals surface area contributed by atoms with Crippen molar-refractivity contribution >= 4 is 23.2 Å². The number of para-hydroxylation sites is 1. The van der Waals surface area contributed by atoms with Crippen molar-refractivity contribution in [1.82, 2.24) is 10.1 Å². The molecule has 1 aliphatic heterocycles. The molecule has 1 unspecified atom stereocenters. The number of nitrogens with zero attached hydrogens (tertiary/aromatic N) is 3. The Kier molecular flexibility index (Phi) is 3.68. The lowest BCUT2D eigenvalue weighted by atomic mass is 10.1. The van der Waals surface area contributed by atoms with Gasteiger partial charge in [-0.25, -0.2) is 0 Å². The highest BCUT2D eigenvalue weighted by Crippen LogP contribution is 2.34. The molecule has 0 aliphatic carbocycles. The molecule has 0 saturated carbocycles. The van der Waals surface area contributed by atoms with Crippen molar-refractivity contribution in [2.24, 2.45) is 0 Å². The maximum Gasteiger partial charge on any atom is 0.232 e. The summed E-state index contributed by atoms with van der Waals surface area (Å²) in [5.74, 6) is 1.36. The molecule has 1 aliphatic rings. The molecule has 2 heterocycles. The summed E-state index contributed by atoms with van der Waals surface area (Å²) in [7, 11) is 0. The molecule has 6 heteroatoms. The number of aromatic nitrogens is 2. The van der Waals surface area contributed by atoms with Crippen LogP contribution in [0.2, 0.25) is 5.02 Å². The fourth-order valence-corrected chi connectivity index (χ4v) is 2.66. The number of amides is 1. The second-order valence-corrected chi connectivity index (χ2v) is 5.91. The maximum atomic E-state index is 12.2. The summed E-state index contributed by atoms with van der Waals surface area (Å²) in [6, 6.07) is 7.33. The Morgan fingerprint density at radius 1 is 1.38 bits per heavy atom. The monoisotopic (exact) mass is 305 g/mol. The molecule has 1 fully saturated rings. The van der Waals surface area contributed by atoms with Crippen LogP contribution in [0, 0.1) is 0 Å². The second-order valence-electron chi connectivity index (χ2n) is 5.50. The molecular weight excluding hydrogens is 290 g/mol. The summed E-state index contributed by atoms with van der Waals surface area (Å²) >= 11 is 6.16. The average Bonchev–Trinajstić information content (AvgIpc) is 3.06. The molecule has 21 heavy (non-hydrogen) atoms. The van der Waals surface area contributed by atoms with Crippen LogP contribution in [0.3, 0.4) is 0 Å². The van der Waals surface area contributed by atoms with Crippen LogP contribution in [-0.2, 0) is 4.79 Å². The first-order chi connectivity index (χ1) is 10.1. The zero-order valence-corrected chi connectivity index (χ0v) is 12.7. The number of anilines is 1. The molecule has 1 aromatic carbocycles. The lowest BCUT2D eigenvalue weighted by Gasteiger charge is -2.17. The van der Waals surface area contributed by atoms with Gasteiger partial charge in [0.2, 0.25) is 11.8 Å². The van der Waals surface area contributed by atoms with Crippen molar-refractivity contribution in [3.63, 3.8) is 0 Å². The molecule has 0 radical (unpaired) electrons. The smallest absolute Gasteiger partial charge is 0.232 e. The lowest BCUT2D eigenvalue weighted by molar-refractivity contribution is -0.117. The summed E-state index contributed by atoms with van der Waals surface area (Å²) in [5.41, 5.74) is 0.732. The van der Waals surface area contributed by atoms with Gasteiger partial charge in [0, 0.05) is 18.9 Å². The van der Waals surface area contributed by atoms with E-state index in [-0.39, 0.29) is 17.7 Å². The quantitative estimate of drug-likeness (QED) is 0.872. The normalized spacial score (nSPS) is 18.8. The van der Waals surface area contributed by atoms with Crippen LogP contribution in [0.25, 0.3) is 0 Å². The molecule has 0 N–H and O–H groups in total. The van der Waals surface area contributed by atoms with Crippen molar-refractivity contribution in [3.8, 4) is 0 Å². The van der Waals surface area contributed by atoms with Crippen LogP contribution in [0.4, 0.5) is 5.69 Å². The number of rotatable bonds is 3. The molecule has 0 bridgehead atoms. The minimum Gasteiger partial charge on any atom is -0.339 e. The van der Waals surface area contributed by atoms with Crippen molar-refractivity contribution in [2.75, 3.05) is 11.4 Å². The summed E-state index contributed by atoms with van der Waals surface area (Å²) < 4.78 is 5.30. The van der Waals surface area contributed by atoms with E-state index in [1.807, 2.05) is 32.0 Å². The molecule has 3 rings (SSSR count). The van der Waals surface area contributed by atoms with Crippen LogP contribution in [0.5, 0.6) is 0 Å². The second kappa shape index (κ2) is 5.48. The van der Waals surface area contributed by atoms with E-state index >= 15 is 0 Å². The van der Waals surface area contributed by atoms with Crippen LogP contribution in [0.15, 0.2) is 28.8 Å². The van der Waals surface area contributed by atoms with Gasteiger partial charge in [-0.3, -0.25) is 4.79 Å². The zero-order valence-electron chi connectivity index (χ0n) is 11.9. The Balaban J connectivity index is 1.83. The van der Waals surface area contributed by atoms with Crippen molar-refractivity contribution in [2.45, 2.75) is 32.1 Å².